The lowest BCUT2D eigenvalue weighted by Gasteiger charge is -2.33. The van der Waals surface area contributed by atoms with Crippen LogP contribution in [0.4, 0.5) is 0 Å². The number of rotatable bonds is 4. The minimum atomic E-state index is 0. The number of nitrogens with zero attached hydrogens (tertiary/aromatic N) is 4. The molecule has 1 aromatic heterocycles. The molecule has 0 unspecified atom stereocenters. The van der Waals surface area contributed by atoms with Crippen LogP contribution in [-0.4, -0.2) is 40.5 Å². The molecule has 2 fully saturated rings. The van der Waals surface area contributed by atoms with E-state index in [0.29, 0.717) is 5.41 Å². The van der Waals surface area contributed by atoms with E-state index >= 15 is 0 Å². The molecule has 1 aromatic carbocycles. The Labute approximate surface area is 185 Å². The normalized spacial score (nSPS) is 18.9. The van der Waals surface area contributed by atoms with Crippen LogP contribution < -0.4 is 5.32 Å². The first kappa shape index (κ1) is 21.1. The van der Waals surface area contributed by atoms with Crippen molar-refractivity contribution in [2.24, 2.45) is 10.4 Å². The smallest absolute Gasteiger partial charge is 0.193 e. The van der Waals surface area contributed by atoms with Crippen LogP contribution in [0, 0.1) is 5.41 Å². The number of hydrogen-bond acceptors (Lipinski definition) is 2. The summed E-state index contributed by atoms with van der Waals surface area (Å²) in [5, 5.41) is 3.59. The van der Waals surface area contributed by atoms with Crippen molar-refractivity contribution in [1.82, 2.24) is 19.8 Å². The van der Waals surface area contributed by atoms with E-state index in [-0.39, 0.29) is 24.0 Å². The van der Waals surface area contributed by atoms with Crippen LogP contribution >= 0.6 is 24.0 Å². The molecule has 5 nitrogen and oxygen atoms in total. The Bertz CT molecular complexity index is 765. The average Bonchev–Trinajstić information content (AvgIpc) is 3.34. The van der Waals surface area contributed by atoms with Crippen molar-refractivity contribution >= 4 is 29.9 Å². The fraction of sp³-hybridized carbons (Fsp3) is 0.545. The zero-order chi connectivity index (χ0) is 18.5. The van der Waals surface area contributed by atoms with Crippen LogP contribution in [0.2, 0.25) is 0 Å². The molecule has 6 heteroatoms. The number of hydrogen-bond donors (Lipinski definition) is 1. The third-order valence-corrected chi connectivity index (χ3v) is 6.23. The number of imidazole rings is 1. The van der Waals surface area contributed by atoms with E-state index in [1.165, 1.54) is 56.2 Å². The van der Waals surface area contributed by atoms with Gasteiger partial charge in [0.15, 0.2) is 5.96 Å². The predicted molar refractivity (Wildman–Crippen MR) is 125 cm³/mol. The van der Waals surface area contributed by atoms with Gasteiger partial charge in [-0.3, -0.25) is 4.99 Å². The van der Waals surface area contributed by atoms with Crippen LogP contribution in [0.1, 0.15) is 49.7 Å². The van der Waals surface area contributed by atoms with Crippen molar-refractivity contribution in [2.45, 2.75) is 51.6 Å². The van der Waals surface area contributed by atoms with Gasteiger partial charge in [-0.2, -0.15) is 0 Å². The summed E-state index contributed by atoms with van der Waals surface area (Å²) in [6.07, 6.45) is 14.0. The first-order chi connectivity index (χ1) is 13.3. The SMILES string of the molecule is CN=C(NCc1cccc(Cn2ccnc2)c1)N1CCC2(CCCCC2)C1.I. The predicted octanol–water partition coefficient (Wildman–Crippen LogP) is 4.28. The second-order valence-electron chi connectivity index (χ2n) is 8.19. The maximum absolute atomic E-state index is 4.57. The van der Waals surface area contributed by atoms with Crippen molar-refractivity contribution in [3.05, 3.63) is 54.1 Å². The van der Waals surface area contributed by atoms with Gasteiger partial charge in [0.1, 0.15) is 0 Å². The number of guanidine groups is 1. The molecular formula is C22H32IN5. The summed E-state index contributed by atoms with van der Waals surface area (Å²) in [6, 6.07) is 8.77. The van der Waals surface area contributed by atoms with E-state index in [1.54, 1.807) is 0 Å². The third-order valence-electron chi connectivity index (χ3n) is 6.23. The lowest BCUT2D eigenvalue weighted by Crippen LogP contribution is -2.41. The summed E-state index contributed by atoms with van der Waals surface area (Å²) in [6.45, 7) is 3.98. The lowest BCUT2D eigenvalue weighted by molar-refractivity contribution is 0.203. The molecule has 28 heavy (non-hydrogen) atoms. The van der Waals surface area contributed by atoms with E-state index in [1.807, 2.05) is 25.8 Å². The van der Waals surface area contributed by atoms with Gasteiger partial charge in [-0.05, 0) is 35.8 Å². The van der Waals surface area contributed by atoms with E-state index in [0.717, 1.165) is 25.6 Å². The largest absolute Gasteiger partial charge is 0.352 e. The number of nitrogens with one attached hydrogen (secondary N) is 1. The van der Waals surface area contributed by atoms with Crippen LogP contribution in [-0.2, 0) is 13.1 Å². The van der Waals surface area contributed by atoms with Crippen molar-refractivity contribution < 1.29 is 0 Å². The minimum absolute atomic E-state index is 0. The molecule has 1 N–H and O–H groups in total. The summed E-state index contributed by atoms with van der Waals surface area (Å²) in [4.78, 5) is 11.2. The Morgan fingerprint density at radius 1 is 1.18 bits per heavy atom. The number of likely N-dealkylation sites (tertiary alicyclic amines) is 1. The third kappa shape index (κ3) is 5.07. The van der Waals surface area contributed by atoms with Crippen LogP contribution in [0.25, 0.3) is 0 Å². The van der Waals surface area contributed by atoms with Gasteiger partial charge in [-0.15, -0.1) is 24.0 Å². The zero-order valence-electron chi connectivity index (χ0n) is 16.8. The van der Waals surface area contributed by atoms with Crippen molar-refractivity contribution in [1.29, 1.82) is 0 Å². The van der Waals surface area contributed by atoms with Crippen molar-refractivity contribution in [3.63, 3.8) is 0 Å². The second kappa shape index (κ2) is 9.76. The standard InChI is InChI=1S/C22H31N5.HI/c1-23-21(27-12-10-22(17-27)8-3-2-4-9-22)25-15-19-6-5-7-20(14-19)16-26-13-11-24-18-26;/h5-7,11,13-14,18H,2-4,8-10,12,15-17H2,1H3,(H,23,25);1H. The molecule has 1 saturated carbocycles. The van der Waals surface area contributed by atoms with Crippen LogP contribution in [0.15, 0.2) is 48.0 Å². The highest BCUT2D eigenvalue weighted by Gasteiger charge is 2.39. The molecule has 1 saturated heterocycles. The van der Waals surface area contributed by atoms with Gasteiger partial charge < -0.3 is 14.8 Å². The van der Waals surface area contributed by atoms with E-state index < -0.39 is 0 Å². The van der Waals surface area contributed by atoms with Gasteiger partial charge in [0.2, 0.25) is 0 Å². The van der Waals surface area contributed by atoms with Gasteiger partial charge in [0, 0.05) is 45.6 Å². The molecule has 0 amide bonds. The van der Waals surface area contributed by atoms with Gasteiger partial charge in [0.25, 0.3) is 0 Å². The van der Waals surface area contributed by atoms with Crippen molar-refractivity contribution in [3.8, 4) is 0 Å². The van der Waals surface area contributed by atoms with Gasteiger partial charge in [0.05, 0.1) is 6.33 Å². The highest BCUT2D eigenvalue weighted by molar-refractivity contribution is 14.0. The molecule has 0 radical (unpaired) electrons. The summed E-state index contributed by atoms with van der Waals surface area (Å²) >= 11 is 0. The molecule has 2 aliphatic rings. The van der Waals surface area contributed by atoms with E-state index in [2.05, 4.69) is 49.0 Å². The summed E-state index contributed by atoms with van der Waals surface area (Å²) in [5.41, 5.74) is 3.14. The summed E-state index contributed by atoms with van der Waals surface area (Å²) in [5.74, 6) is 1.05. The first-order valence-electron chi connectivity index (χ1n) is 10.3. The Morgan fingerprint density at radius 2 is 2.00 bits per heavy atom. The number of aromatic nitrogens is 2. The number of aliphatic imine (C=N–C) groups is 1. The fourth-order valence-corrected chi connectivity index (χ4v) is 4.77. The van der Waals surface area contributed by atoms with Crippen LogP contribution in [0.5, 0.6) is 0 Å². The first-order valence-corrected chi connectivity index (χ1v) is 10.3. The molecule has 2 aromatic rings. The second-order valence-corrected chi connectivity index (χ2v) is 8.19. The minimum Gasteiger partial charge on any atom is -0.352 e. The lowest BCUT2D eigenvalue weighted by atomic mass is 9.73. The topological polar surface area (TPSA) is 45.5 Å². The quantitative estimate of drug-likeness (QED) is 0.393. The molecule has 1 aliphatic heterocycles. The average molecular weight is 493 g/mol. The molecule has 2 heterocycles. The Morgan fingerprint density at radius 3 is 2.75 bits per heavy atom. The molecule has 4 rings (SSSR count). The van der Waals surface area contributed by atoms with Crippen LogP contribution in [0.3, 0.4) is 0 Å². The molecule has 1 spiro atoms. The zero-order valence-corrected chi connectivity index (χ0v) is 19.1. The van der Waals surface area contributed by atoms with E-state index in [4.69, 9.17) is 0 Å². The highest BCUT2D eigenvalue weighted by atomic mass is 127. The molecular weight excluding hydrogens is 461 g/mol. The summed E-state index contributed by atoms with van der Waals surface area (Å²) in [7, 11) is 1.91. The fourth-order valence-electron chi connectivity index (χ4n) is 4.77. The highest BCUT2D eigenvalue weighted by Crippen LogP contribution is 2.43. The number of benzene rings is 1. The van der Waals surface area contributed by atoms with Gasteiger partial charge >= 0.3 is 0 Å². The van der Waals surface area contributed by atoms with Crippen molar-refractivity contribution in [2.75, 3.05) is 20.1 Å². The molecule has 0 atom stereocenters. The molecule has 0 bridgehead atoms. The number of halogens is 1. The summed E-state index contributed by atoms with van der Waals surface area (Å²) < 4.78 is 2.10. The molecule has 152 valence electrons. The Kier molecular flexibility index (Phi) is 7.37. The monoisotopic (exact) mass is 493 g/mol. The van der Waals surface area contributed by atoms with E-state index in [9.17, 15) is 0 Å². The Hall–Kier alpha value is -1.57. The maximum Gasteiger partial charge on any atom is 0.193 e. The van der Waals surface area contributed by atoms with Gasteiger partial charge in [-0.25, -0.2) is 4.98 Å². The maximum atomic E-state index is 4.57. The molecule has 1 aliphatic carbocycles. The van der Waals surface area contributed by atoms with Gasteiger partial charge in [-0.1, -0.05) is 43.5 Å². The Balaban J connectivity index is 0.00000225.